The topological polar surface area (TPSA) is 54.4 Å². The Morgan fingerprint density at radius 1 is 1.38 bits per heavy atom. The zero-order valence-corrected chi connectivity index (χ0v) is 11.9. The van der Waals surface area contributed by atoms with E-state index in [-0.39, 0.29) is 11.9 Å². The minimum Gasteiger partial charge on any atom is -0.345 e. The average Bonchev–Trinajstić information content (AvgIpc) is 2.91. The number of pyridine rings is 1. The summed E-state index contributed by atoms with van der Waals surface area (Å²) < 4.78 is 0. The maximum absolute atomic E-state index is 12.5. The van der Waals surface area contributed by atoms with Crippen LogP contribution in [0.5, 0.6) is 0 Å². The maximum Gasteiger partial charge on any atom is 0.254 e. The summed E-state index contributed by atoms with van der Waals surface area (Å²) in [5, 5.41) is 3.11. The first kappa shape index (κ1) is 13.5. The first-order valence-electron chi connectivity index (χ1n) is 7.11. The summed E-state index contributed by atoms with van der Waals surface area (Å²) in [4.78, 5) is 20.7. The van der Waals surface area contributed by atoms with E-state index in [1.807, 2.05) is 19.1 Å². The Labute approximate surface area is 123 Å². The summed E-state index contributed by atoms with van der Waals surface area (Å²) in [5.74, 6) is -0.0975. The van der Waals surface area contributed by atoms with Crippen molar-refractivity contribution in [3.8, 4) is 0 Å². The van der Waals surface area contributed by atoms with Gasteiger partial charge in [-0.25, -0.2) is 0 Å². The zero-order valence-electron chi connectivity index (χ0n) is 11.9. The Bertz CT molecular complexity index is 694. The summed E-state index contributed by atoms with van der Waals surface area (Å²) in [7, 11) is 0. The molecule has 1 unspecified atom stereocenters. The quantitative estimate of drug-likeness (QED) is 0.877. The molecule has 1 aromatic carbocycles. The second kappa shape index (κ2) is 5.87. The van der Waals surface area contributed by atoms with Crippen molar-refractivity contribution in [3.05, 3.63) is 59.4 Å². The average molecular weight is 279 g/mol. The van der Waals surface area contributed by atoms with Gasteiger partial charge in [-0.2, -0.15) is 0 Å². The molecule has 2 aromatic rings. The fraction of sp³-hybridized carbons (Fsp3) is 0.235. The third-order valence-electron chi connectivity index (χ3n) is 3.75. The number of fused-ring (bicyclic) bond motifs is 1. The van der Waals surface area contributed by atoms with Crippen molar-refractivity contribution in [1.29, 1.82) is 0 Å². The van der Waals surface area contributed by atoms with E-state index in [1.54, 1.807) is 24.7 Å². The number of carbonyl (C=O) groups is 1. The molecule has 1 heterocycles. The summed E-state index contributed by atoms with van der Waals surface area (Å²) in [5.41, 5.74) is 3.71. The van der Waals surface area contributed by atoms with E-state index in [1.165, 1.54) is 11.1 Å². The Kier molecular flexibility index (Phi) is 3.77. The highest BCUT2D eigenvalue weighted by molar-refractivity contribution is 5.99. The Morgan fingerprint density at radius 3 is 3.10 bits per heavy atom. The fourth-order valence-electron chi connectivity index (χ4n) is 2.76. The van der Waals surface area contributed by atoms with Crippen LogP contribution in [0.3, 0.4) is 0 Å². The second-order valence-electron chi connectivity index (χ2n) is 5.04. The Balaban J connectivity index is 1.82. The molecular formula is C17H17N3O. The van der Waals surface area contributed by atoms with Gasteiger partial charge in [0, 0.05) is 12.4 Å². The molecule has 0 spiro atoms. The van der Waals surface area contributed by atoms with Crippen LogP contribution in [0.4, 0.5) is 5.69 Å². The van der Waals surface area contributed by atoms with Crippen LogP contribution in [-0.4, -0.2) is 17.1 Å². The summed E-state index contributed by atoms with van der Waals surface area (Å²) in [6.07, 6.45) is 6.85. The van der Waals surface area contributed by atoms with Gasteiger partial charge in [-0.1, -0.05) is 24.3 Å². The van der Waals surface area contributed by atoms with Crippen LogP contribution >= 0.6 is 0 Å². The lowest BCUT2D eigenvalue weighted by Crippen LogP contribution is -2.27. The standard InChI is InChI=1S/C17H17N3O/c1-2-19-16-11-18-10-9-14(16)17(21)20-15-8-7-12-5-3-4-6-13(12)15/h2-6,9-11,15H,7-8H2,1H3,(H,20,21)/b19-2+. The molecule has 0 fully saturated rings. The molecule has 0 saturated heterocycles. The van der Waals surface area contributed by atoms with Gasteiger partial charge in [0.1, 0.15) is 0 Å². The smallest absolute Gasteiger partial charge is 0.254 e. The largest absolute Gasteiger partial charge is 0.345 e. The number of hydrogen-bond acceptors (Lipinski definition) is 3. The van der Waals surface area contributed by atoms with Crippen LogP contribution in [-0.2, 0) is 6.42 Å². The molecular weight excluding hydrogens is 262 g/mol. The lowest BCUT2D eigenvalue weighted by molar-refractivity contribution is 0.0937. The molecule has 21 heavy (non-hydrogen) atoms. The lowest BCUT2D eigenvalue weighted by Gasteiger charge is -2.14. The van der Waals surface area contributed by atoms with Crippen molar-refractivity contribution in [3.63, 3.8) is 0 Å². The molecule has 1 aromatic heterocycles. The summed E-state index contributed by atoms with van der Waals surface area (Å²) in [6, 6.07) is 10.1. The molecule has 0 radical (unpaired) electrons. The minimum atomic E-state index is -0.0975. The van der Waals surface area contributed by atoms with E-state index in [2.05, 4.69) is 27.4 Å². The number of nitrogens with zero attached hydrogens (tertiary/aromatic N) is 2. The van der Waals surface area contributed by atoms with Gasteiger partial charge in [0.05, 0.1) is 23.5 Å². The van der Waals surface area contributed by atoms with E-state index in [0.717, 1.165) is 12.8 Å². The monoisotopic (exact) mass is 279 g/mol. The maximum atomic E-state index is 12.5. The summed E-state index contributed by atoms with van der Waals surface area (Å²) >= 11 is 0. The second-order valence-corrected chi connectivity index (χ2v) is 5.04. The van der Waals surface area contributed by atoms with Crippen molar-refractivity contribution in [1.82, 2.24) is 10.3 Å². The van der Waals surface area contributed by atoms with E-state index in [4.69, 9.17) is 0 Å². The third kappa shape index (κ3) is 2.70. The predicted octanol–water partition coefficient (Wildman–Crippen LogP) is 3.22. The Hall–Kier alpha value is -2.49. The van der Waals surface area contributed by atoms with Crippen molar-refractivity contribution in [2.24, 2.45) is 4.99 Å². The molecule has 1 atom stereocenters. The SMILES string of the molecule is C/C=N/c1cnccc1C(=O)NC1CCc2ccccc21. The number of hydrogen-bond donors (Lipinski definition) is 1. The highest BCUT2D eigenvalue weighted by atomic mass is 16.1. The number of aryl methyl sites for hydroxylation is 1. The van der Waals surface area contributed by atoms with Crippen LogP contribution in [0.25, 0.3) is 0 Å². The molecule has 4 nitrogen and oxygen atoms in total. The van der Waals surface area contributed by atoms with Crippen molar-refractivity contribution >= 4 is 17.8 Å². The molecule has 1 aliphatic carbocycles. The number of rotatable bonds is 3. The molecule has 1 amide bonds. The highest BCUT2D eigenvalue weighted by Crippen LogP contribution is 2.31. The predicted molar refractivity (Wildman–Crippen MR) is 83.0 cm³/mol. The minimum absolute atomic E-state index is 0.0836. The van der Waals surface area contributed by atoms with E-state index < -0.39 is 0 Å². The molecule has 0 saturated carbocycles. The fourth-order valence-corrected chi connectivity index (χ4v) is 2.76. The molecule has 1 aliphatic rings. The summed E-state index contributed by atoms with van der Waals surface area (Å²) in [6.45, 7) is 1.82. The normalized spacial score (nSPS) is 16.9. The number of nitrogens with one attached hydrogen (secondary N) is 1. The Morgan fingerprint density at radius 2 is 2.24 bits per heavy atom. The lowest BCUT2D eigenvalue weighted by atomic mass is 10.1. The van der Waals surface area contributed by atoms with Crippen LogP contribution in [0, 0.1) is 0 Å². The van der Waals surface area contributed by atoms with Crippen LogP contribution in [0.15, 0.2) is 47.7 Å². The molecule has 4 heteroatoms. The van der Waals surface area contributed by atoms with Crippen molar-refractivity contribution in [2.75, 3.05) is 0 Å². The number of carbonyl (C=O) groups excluding carboxylic acids is 1. The van der Waals surface area contributed by atoms with E-state index in [0.29, 0.717) is 11.3 Å². The first-order chi connectivity index (χ1) is 10.3. The molecule has 106 valence electrons. The highest BCUT2D eigenvalue weighted by Gasteiger charge is 2.24. The van der Waals surface area contributed by atoms with Gasteiger partial charge in [0.25, 0.3) is 5.91 Å². The first-order valence-corrected chi connectivity index (χ1v) is 7.11. The van der Waals surface area contributed by atoms with E-state index in [9.17, 15) is 4.79 Å². The van der Waals surface area contributed by atoms with Gasteiger partial charge in [0.15, 0.2) is 0 Å². The third-order valence-corrected chi connectivity index (χ3v) is 3.75. The van der Waals surface area contributed by atoms with Gasteiger partial charge >= 0.3 is 0 Å². The van der Waals surface area contributed by atoms with Crippen molar-refractivity contribution in [2.45, 2.75) is 25.8 Å². The van der Waals surface area contributed by atoms with Gasteiger partial charge < -0.3 is 5.32 Å². The number of aromatic nitrogens is 1. The molecule has 1 N–H and O–H groups in total. The molecule has 0 aliphatic heterocycles. The number of aliphatic imine (C=N–C) groups is 1. The number of benzene rings is 1. The van der Waals surface area contributed by atoms with Gasteiger partial charge in [-0.3, -0.25) is 14.8 Å². The zero-order chi connectivity index (χ0) is 14.7. The van der Waals surface area contributed by atoms with Gasteiger partial charge in [-0.15, -0.1) is 0 Å². The van der Waals surface area contributed by atoms with E-state index >= 15 is 0 Å². The molecule has 3 rings (SSSR count). The molecule has 0 bridgehead atoms. The van der Waals surface area contributed by atoms with Gasteiger partial charge in [-0.05, 0) is 37.0 Å². The van der Waals surface area contributed by atoms with Crippen LogP contribution < -0.4 is 5.32 Å². The van der Waals surface area contributed by atoms with Crippen molar-refractivity contribution < 1.29 is 4.79 Å². The van der Waals surface area contributed by atoms with Crippen LogP contribution in [0.1, 0.15) is 40.9 Å². The van der Waals surface area contributed by atoms with Gasteiger partial charge in [0.2, 0.25) is 0 Å². The number of amides is 1. The van der Waals surface area contributed by atoms with Crippen LogP contribution in [0.2, 0.25) is 0 Å².